The Morgan fingerprint density at radius 1 is 1.08 bits per heavy atom. The third-order valence-corrected chi connectivity index (χ3v) is 5.76. The molecule has 0 bridgehead atoms. The Labute approximate surface area is 152 Å². The van der Waals surface area contributed by atoms with Crippen molar-refractivity contribution >= 4 is 23.2 Å². The van der Waals surface area contributed by atoms with Crippen LogP contribution in [0.25, 0.3) is 0 Å². The van der Waals surface area contributed by atoms with E-state index in [9.17, 15) is 9.59 Å². The van der Waals surface area contributed by atoms with Gasteiger partial charge in [0.25, 0.3) is 0 Å². The third kappa shape index (κ3) is 2.37. The van der Waals surface area contributed by atoms with Gasteiger partial charge in [-0.15, -0.1) is 0 Å². The highest BCUT2D eigenvalue weighted by atomic mass is 35.5. The summed E-state index contributed by atoms with van der Waals surface area (Å²) in [6, 6.07) is 12.9. The molecule has 128 valence electrons. The number of fused-ring (bicyclic) bond motifs is 1. The van der Waals surface area contributed by atoms with E-state index < -0.39 is 11.0 Å². The summed E-state index contributed by atoms with van der Waals surface area (Å²) in [6.45, 7) is 4.38. The Morgan fingerprint density at radius 3 is 2.16 bits per heavy atom. The molecule has 1 unspecified atom stereocenters. The predicted octanol–water partition coefficient (Wildman–Crippen LogP) is 4.74. The Bertz CT molecular complexity index is 841. The second-order valence-electron chi connectivity index (χ2n) is 7.12. The molecule has 4 heteroatoms. The van der Waals surface area contributed by atoms with Crippen molar-refractivity contribution in [3.05, 3.63) is 69.7 Å². The van der Waals surface area contributed by atoms with Crippen LogP contribution in [0.5, 0.6) is 0 Å². The van der Waals surface area contributed by atoms with E-state index in [1.165, 1.54) is 0 Å². The zero-order chi connectivity index (χ0) is 17.8. The maximum Gasteiger partial charge on any atom is 0.177 e. The number of carbonyl (C=O) groups excluding carboxylic acids is 2. The quantitative estimate of drug-likeness (QED) is 0.588. The summed E-state index contributed by atoms with van der Waals surface area (Å²) in [4.78, 5) is 26.3. The van der Waals surface area contributed by atoms with Gasteiger partial charge in [0.05, 0.1) is 12.0 Å². The molecule has 4 rings (SSSR count). The average molecular weight is 355 g/mol. The summed E-state index contributed by atoms with van der Waals surface area (Å²) in [5, 5.41) is 0.641. The van der Waals surface area contributed by atoms with Crippen LogP contribution in [-0.4, -0.2) is 18.2 Å². The second-order valence-corrected chi connectivity index (χ2v) is 7.55. The van der Waals surface area contributed by atoms with Crippen molar-refractivity contribution in [2.45, 2.75) is 32.3 Å². The van der Waals surface area contributed by atoms with E-state index in [2.05, 4.69) is 0 Å². The predicted molar refractivity (Wildman–Crippen MR) is 96.3 cm³/mol. The van der Waals surface area contributed by atoms with Gasteiger partial charge in [-0.2, -0.15) is 0 Å². The highest BCUT2D eigenvalue weighted by molar-refractivity contribution is 6.31. The molecule has 1 aliphatic carbocycles. The van der Waals surface area contributed by atoms with Crippen LogP contribution in [0.15, 0.2) is 42.5 Å². The number of Topliss-reactive ketones (excluding diaryl/α,β-unsaturated/α-hetero) is 2. The number of rotatable bonds is 4. The van der Waals surface area contributed by atoms with Gasteiger partial charge in [0.2, 0.25) is 0 Å². The number of ether oxygens (including phenoxy) is 1. The maximum absolute atomic E-state index is 13.1. The highest BCUT2D eigenvalue weighted by Crippen LogP contribution is 2.53. The first-order valence-corrected chi connectivity index (χ1v) is 8.90. The first kappa shape index (κ1) is 16.5. The minimum Gasteiger partial charge on any atom is -0.364 e. The standard InChI is InChI=1S/C21H19ClO3/c1-3-20(18(23)16-6-4-5-7-17(16)19(20)24)11-21(12-25-21)14-8-13(2)9-15(22)10-14/h4-10H,3,11-12H2,1-2H3. The van der Waals surface area contributed by atoms with Gasteiger partial charge >= 0.3 is 0 Å². The molecule has 0 spiro atoms. The van der Waals surface area contributed by atoms with Crippen LogP contribution in [-0.2, 0) is 10.3 Å². The summed E-state index contributed by atoms with van der Waals surface area (Å²) in [5.74, 6) is -0.159. The van der Waals surface area contributed by atoms with Gasteiger partial charge in [0, 0.05) is 22.6 Å². The van der Waals surface area contributed by atoms with Crippen LogP contribution in [0.1, 0.15) is 51.6 Å². The van der Waals surface area contributed by atoms with Crippen molar-refractivity contribution in [3.8, 4) is 0 Å². The zero-order valence-electron chi connectivity index (χ0n) is 14.3. The molecule has 2 aromatic carbocycles. The number of hydrogen-bond acceptors (Lipinski definition) is 3. The van der Waals surface area contributed by atoms with Crippen molar-refractivity contribution in [3.63, 3.8) is 0 Å². The van der Waals surface area contributed by atoms with Crippen LogP contribution in [0.3, 0.4) is 0 Å². The van der Waals surface area contributed by atoms with Crippen LogP contribution in [0, 0.1) is 12.3 Å². The second kappa shape index (κ2) is 5.52. The fourth-order valence-corrected chi connectivity index (χ4v) is 4.34. The van der Waals surface area contributed by atoms with E-state index in [0.29, 0.717) is 35.6 Å². The van der Waals surface area contributed by atoms with Crippen LogP contribution in [0.2, 0.25) is 5.02 Å². The molecule has 3 nitrogen and oxygen atoms in total. The van der Waals surface area contributed by atoms with E-state index in [0.717, 1.165) is 11.1 Å². The van der Waals surface area contributed by atoms with E-state index >= 15 is 0 Å². The summed E-state index contributed by atoms with van der Waals surface area (Å²) < 4.78 is 5.81. The van der Waals surface area contributed by atoms with Crippen LogP contribution in [0.4, 0.5) is 0 Å². The molecule has 2 aliphatic rings. The zero-order valence-corrected chi connectivity index (χ0v) is 15.0. The number of ketones is 2. The Hall–Kier alpha value is -1.97. The lowest BCUT2D eigenvalue weighted by Crippen LogP contribution is -2.37. The van der Waals surface area contributed by atoms with Gasteiger partial charge in [-0.1, -0.05) is 48.9 Å². The average Bonchev–Trinajstić information content (AvgIpc) is 3.34. The Kier molecular flexibility index (Phi) is 3.64. The monoisotopic (exact) mass is 354 g/mol. The number of benzene rings is 2. The smallest absolute Gasteiger partial charge is 0.177 e. The molecule has 1 aliphatic heterocycles. The lowest BCUT2D eigenvalue weighted by atomic mass is 9.71. The fourth-order valence-electron chi connectivity index (χ4n) is 4.05. The van der Waals surface area contributed by atoms with E-state index in [1.807, 2.05) is 32.0 Å². The minimum atomic E-state index is -1.05. The largest absolute Gasteiger partial charge is 0.364 e. The van der Waals surface area contributed by atoms with E-state index in [-0.39, 0.29) is 11.6 Å². The number of halogens is 1. The van der Waals surface area contributed by atoms with Crippen LogP contribution < -0.4 is 0 Å². The molecule has 0 N–H and O–H groups in total. The van der Waals surface area contributed by atoms with Crippen molar-refractivity contribution < 1.29 is 14.3 Å². The van der Waals surface area contributed by atoms with E-state index in [1.54, 1.807) is 24.3 Å². The van der Waals surface area contributed by atoms with Gasteiger partial charge in [-0.3, -0.25) is 9.59 Å². The summed E-state index contributed by atoms with van der Waals surface area (Å²) >= 11 is 6.21. The molecule has 2 aromatic rings. The molecule has 1 saturated heterocycles. The molecule has 0 aromatic heterocycles. The molecule has 1 atom stereocenters. The van der Waals surface area contributed by atoms with Crippen molar-refractivity contribution in [2.75, 3.05) is 6.61 Å². The van der Waals surface area contributed by atoms with Crippen molar-refractivity contribution in [1.82, 2.24) is 0 Å². The first-order valence-electron chi connectivity index (χ1n) is 8.52. The highest BCUT2D eigenvalue weighted by Gasteiger charge is 2.60. The fraction of sp³-hybridized carbons (Fsp3) is 0.333. The number of aryl methyl sites for hydroxylation is 1. The molecule has 1 heterocycles. The third-order valence-electron chi connectivity index (χ3n) is 5.54. The van der Waals surface area contributed by atoms with Crippen LogP contribution >= 0.6 is 11.6 Å². The lowest BCUT2D eigenvalue weighted by molar-refractivity contribution is 0.0617. The molecule has 1 fully saturated rings. The Balaban J connectivity index is 1.76. The topological polar surface area (TPSA) is 46.7 Å². The molecule has 0 amide bonds. The molecule has 0 radical (unpaired) electrons. The number of hydrogen-bond donors (Lipinski definition) is 0. The van der Waals surface area contributed by atoms with Crippen molar-refractivity contribution in [1.29, 1.82) is 0 Å². The first-order chi connectivity index (χ1) is 11.9. The van der Waals surface area contributed by atoms with Gasteiger partial charge < -0.3 is 4.74 Å². The van der Waals surface area contributed by atoms with Crippen molar-refractivity contribution in [2.24, 2.45) is 5.41 Å². The molecule has 25 heavy (non-hydrogen) atoms. The SMILES string of the molecule is CCC1(CC2(c3cc(C)cc(Cl)c3)CO2)C(=O)c2ccccc2C1=O. The molecule has 0 saturated carbocycles. The van der Waals surface area contributed by atoms with Gasteiger partial charge in [-0.25, -0.2) is 0 Å². The normalized spacial score (nSPS) is 23.6. The number of epoxide rings is 1. The summed E-state index contributed by atoms with van der Waals surface area (Å²) in [6.07, 6.45) is 0.826. The number of carbonyl (C=O) groups is 2. The Morgan fingerprint density at radius 2 is 1.68 bits per heavy atom. The van der Waals surface area contributed by atoms with Gasteiger partial charge in [0.15, 0.2) is 11.6 Å². The lowest BCUT2D eigenvalue weighted by Gasteiger charge is -2.28. The molecular weight excluding hydrogens is 336 g/mol. The van der Waals surface area contributed by atoms with Gasteiger partial charge in [-0.05, 0) is 36.6 Å². The minimum absolute atomic E-state index is 0.0794. The summed E-state index contributed by atoms with van der Waals surface area (Å²) in [7, 11) is 0. The molecular formula is C21H19ClO3. The van der Waals surface area contributed by atoms with Gasteiger partial charge in [0.1, 0.15) is 5.60 Å². The maximum atomic E-state index is 13.1. The summed E-state index contributed by atoms with van der Waals surface area (Å²) in [5.41, 5.74) is 1.41. The van der Waals surface area contributed by atoms with E-state index in [4.69, 9.17) is 16.3 Å².